The Morgan fingerprint density at radius 1 is 1.57 bits per heavy atom. The number of rotatable bonds is 3. The molecule has 0 bridgehead atoms. The van der Waals surface area contributed by atoms with Gasteiger partial charge in [-0.05, 0) is 30.7 Å². The molecule has 0 saturated heterocycles. The Morgan fingerprint density at radius 3 is 2.71 bits per heavy atom. The van der Waals surface area contributed by atoms with E-state index in [0.29, 0.717) is 10.4 Å². The Kier molecular flexibility index (Phi) is 4.61. The number of aryl methyl sites for hydroxylation is 1. The van der Waals surface area contributed by atoms with Crippen LogP contribution < -0.4 is 0 Å². The number of hydrogen-bond acceptors (Lipinski definition) is 1. The average Bonchev–Trinajstić information content (AvgIpc) is 2.15. The Morgan fingerprint density at radius 2 is 2.21 bits per heavy atom. The highest BCUT2D eigenvalue weighted by molar-refractivity contribution is 9.12. The first-order valence-corrected chi connectivity index (χ1v) is 6.48. The lowest BCUT2D eigenvalue weighted by Crippen LogP contribution is -2.16. The minimum Gasteiger partial charge on any atom is -0.293 e. The van der Waals surface area contributed by atoms with Gasteiger partial charge in [0, 0.05) is 15.9 Å². The maximum atomic E-state index is 11.8. The van der Waals surface area contributed by atoms with Gasteiger partial charge in [-0.1, -0.05) is 43.5 Å². The van der Waals surface area contributed by atoms with E-state index < -0.39 is 0 Å². The molecule has 0 aromatic heterocycles. The zero-order chi connectivity index (χ0) is 10.7. The SMILES string of the molecule is Cc1cc(Cl)ccc1C(=O)C(Br)CBr. The molecule has 0 aliphatic carbocycles. The zero-order valence-electron chi connectivity index (χ0n) is 7.56. The van der Waals surface area contributed by atoms with E-state index in [2.05, 4.69) is 31.9 Å². The summed E-state index contributed by atoms with van der Waals surface area (Å²) >= 11 is 12.4. The van der Waals surface area contributed by atoms with Crippen LogP contribution in [0.1, 0.15) is 15.9 Å². The smallest absolute Gasteiger partial charge is 0.177 e. The molecule has 0 aliphatic heterocycles. The van der Waals surface area contributed by atoms with E-state index in [1.807, 2.05) is 6.92 Å². The van der Waals surface area contributed by atoms with Crippen LogP contribution in [0.5, 0.6) is 0 Å². The maximum absolute atomic E-state index is 11.8. The quantitative estimate of drug-likeness (QED) is 0.601. The van der Waals surface area contributed by atoms with Crippen molar-refractivity contribution in [1.82, 2.24) is 0 Å². The monoisotopic (exact) mass is 338 g/mol. The van der Waals surface area contributed by atoms with Crippen LogP contribution in [0.15, 0.2) is 18.2 Å². The molecule has 1 atom stereocenters. The van der Waals surface area contributed by atoms with Crippen molar-refractivity contribution in [2.75, 3.05) is 5.33 Å². The Labute approximate surface area is 105 Å². The first-order chi connectivity index (χ1) is 6.56. The lowest BCUT2D eigenvalue weighted by molar-refractivity contribution is 0.0997. The summed E-state index contributed by atoms with van der Waals surface area (Å²) in [4.78, 5) is 11.6. The number of hydrogen-bond donors (Lipinski definition) is 0. The van der Waals surface area contributed by atoms with Crippen LogP contribution in [-0.4, -0.2) is 15.9 Å². The predicted molar refractivity (Wildman–Crippen MR) is 67.0 cm³/mol. The molecule has 1 aromatic carbocycles. The van der Waals surface area contributed by atoms with Gasteiger partial charge in [0.15, 0.2) is 5.78 Å². The van der Waals surface area contributed by atoms with Gasteiger partial charge in [-0.2, -0.15) is 0 Å². The van der Waals surface area contributed by atoms with E-state index in [4.69, 9.17) is 11.6 Å². The molecule has 4 heteroatoms. The summed E-state index contributed by atoms with van der Waals surface area (Å²) in [6.07, 6.45) is 0. The number of benzene rings is 1. The number of Topliss-reactive ketones (excluding diaryl/α,β-unsaturated/α-hetero) is 1. The number of halogens is 3. The van der Waals surface area contributed by atoms with E-state index in [1.165, 1.54) is 0 Å². The minimum atomic E-state index is -0.178. The summed E-state index contributed by atoms with van der Waals surface area (Å²) in [6.45, 7) is 1.88. The molecule has 76 valence electrons. The van der Waals surface area contributed by atoms with Crippen molar-refractivity contribution in [3.05, 3.63) is 34.3 Å². The third-order valence-electron chi connectivity index (χ3n) is 1.87. The van der Waals surface area contributed by atoms with Gasteiger partial charge in [-0.25, -0.2) is 0 Å². The van der Waals surface area contributed by atoms with E-state index in [9.17, 15) is 4.79 Å². The molecule has 1 aromatic rings. The third-order valence-corrected chi connectivity index (χ3v) is 4.36. The molecule has 0 spiro atoms. The Balaban J connectivity index is 3.02. The van der Waals surface area contributed by atoms with Gasteiger partial charge in [0.2, 0.25) is 0 Å². The first-order valence-electron chi connectivity index (χ1n) is 4.06. The Hall–Kier alpha value is 0.140. The molecular weight excluding hydrogens is 331 g/mol. The minimum absolute atomic E-state index is 0.0797. The summed E-state index contributed by atoms with van der Waals surface area (Å²) in [7, 11) is 0. The van der Waals surface area contributed by atoms with Crippen molar-refractivity contribution >= 4 is 49.2 Å². The van der Waals surface area contributed by atoms with Crippen molar-refractivity contribution in [1.29, 1.82) is 0 Å². The van der Waals surface area contributed by atoms with Crippen LogP contribution in [0.25, 0.3) is 0 Å². The molecule has 0 fully saturated rings. The summed E-state index contributed by atoms with van der Waals surface area (Å²) in [5.74, 6) is 0.0797. The van der Waals surface area contributed by atoms with Crippen molar-refractivity contribution in [3.63, 3.8) is 0 Å². The van der Waals surface area contributed by atoms with Gasteiger partial charge in [0.05, 0.1) is 4.83 Å². The maximum Gasteiger partial charge on any atom is 0.177 e. The molecule has 0 N–H and O–H groups in total. The lowest BCUT2D eigenvalue weighted by atomic mass is 10.0. The summed E-state index contributed by atoms with van der Waals surface area (Å²) in [6, 6.07) is 5.29. The van der Waals surface area contributed by atoms with E-state index in [0.717, 1.165) is 11.1 Å². The second-order valence-corrected chi connectivity index (χ2v) is 5.13. The molecule has 0 heterocycles. The first kappa shape index (κ1) is 12.2. The van der Waals surface area contributed by atoms with Gasteiger partial charge in [-0.3, -0.25) is 4.79 Å². The molecule has 1 unspecified atom stereocenters. The fraction of sp³-hybridized carbons (Fsp3) is 0.300. The van der Waals surface area contributed by atoms with Crippen molar-refractivity contribution < 1.29 is 4.79 Å². The molecule has 0 aliphatic rings. The number of carbonyl (C=O) groups is 1. The zero-order valence-corrected chi connectivity index (χ0v) is 11.5. The second-order valence-electron chi connectivity index (χ2n) is 2.95. The van der Waals surface area contributed by atoms with Gasteiger partial charge < -0.3 is 0 Å². The molecule has 14 heavy (non-hydrogen) atoms. The highest BCUT2D eigenvalue weighted by atomic mass is 79.9. The van der Waals surface area contributed by atoms with Gasteiger partial charge in [0.25, 0.3) is 0 Å². The van der Waals surface area contributed by atoms with Crippen LogP contribution in [0.4, 0.5) is 0 Å². The molecule has 0 saturated carbocycles. The van der Waals surface area contributed by atoms with Crippen molar-refractivity contribution in [3.8, 4) is 0 Å². The highest BCUT2D eigenvalue weighted by Gasteiger charge is 2.17. The second kappa shape index (κ2) is 5.29. The van der Waals surface area contributed by atoms with Gasteiger partial charge in [0.1, 0.15) is 0 Å². The fourth-order valence-corrected chi connectivity index (χ4v) is 1.91. The Bertz CT molecular complexity index is 352. The normalized spacial score (nSPS) is 12.6. The van der Waals surface area contributed by atoms with E-state index in [1.54, 1.807) is 18.2 Å². The van der Waals surface area contributed by atoms with E-state index in [-0.39, 0.29) is 10.6 Å². The molecule has 0 radical (unpaired) electrons. The van der Waals surface area contributed by atoms with Gasteiger partial charge >= 0.3 is 0 Å². The summed E-state index contributed by atoms with van der Waals surface area (Å²) < 4.78 is 0. The molecule has 1 rings (SSSR count). The molecule has 1 nitrogen and oxygen atoms in total. The largest absolute Gasteiger partial charge is 0.293 e. The van der Waals surface area contributed by atoms with Crippen LogP contribution in [-0.2, 0) is 0 Å². The summed E-state index contributed by atoms with van der Waals surface area (Å²) in [5.41, 5.74) is 1.63. The molecular formula is C10H9Br2ClO. The predicted octanol–water partition coefficient (Wildman–Crippen LogP) is 3.99. The van der Waals surface area contributed by atoms with Crippen molar-refractivity contribution in [2.45, 2.75) is 11.8 Å². The van der Waals surface area contributed by atoms with Crippen LogP contribution in [0.2, 0.25) is 5.02 Å². The summed E-state index contributed by atoms with van der Waals surface area (Å²) in [5, 5.41) is 1.26. The average molecular weight is 340 g/mol. The molecule has 0 amide bonds. The number of carbonyl (C=O) groups excluding carboxylic acids is 1. The topological polar surface area (TPSA) is 17.1 Å². The van der Waals surface area contributed by atoms with Gasteiger partial charge in [-0.15, -0.1) is 0 Å². The number of alkyl halides is 2. The number of ketones is 1. The van der Waals surface area contributed by atoms with Crippen molar-refractivity contribution in [2.24, 2.45) is 0 Å². The van der Waals surface area contributed by atoms with Crippen LogP contribution in [0, 0.1) is 6.92 Å². The van der Waals surface area contributed by atoms with Crippen LogP contribution in [0.3, 0.4) is 0 Å². The third kappa shape index (κ3) is 2.81. The highest BCUT2D eigenvalue weighted by Crippen LogP contribution is 2.19. The standard InChI is InChI=1S/C10H9Br2ClO/c1-6-4-7(13)2-3-8(6)10(14)9(12)5-11/h2-4,9H,5H2,1H3. The fourth-order valence-electron chi connectivity index (χ4n) is 1.14. The lowest BCUT2D eigenvalue weighted by Gasteiger charge is -2.08. The van der Waals surface area contributed by atoms with E-state index >= 15 is 0 Å². The van der Waals surface area contributed by atoms with Crippen LogP contribution >= 0.6 is 43.5 Å².